The van der Waals surface area contributed by atoms with E-state index in [-0.39, 0.29) is 21.6 Å². The standard InChI is InChI=1S/C15H13ClN2O3/c1-17-7-9(8-18-4-2-3-5-18)14(20)12-10(17)6-11(19)15(21)13(12)16/h2-7,19,21H,8H2,1H3. The molecule has 0 spiro atoms. The molecule has 0 fully saturated rings. The molecule has 2 aromatic heterocycles. The first kappa shape index (κ1) is 13.6. The first-order valence-electron chi connectivity index (χ1n) is 6.32. The van der Waals surface area contributed by atoms with E-state index in [4.69, 9.17) is 11.6 Å². The maximum absolute atomic E-state index is 12.6. The van der Waals surface area contributed by atoms with Crippen molar-refractivity contribution in [2.45, 2.75) is 6.54 Å². The van der Waals surface area contributed by atoms with Crippen molar-refractivity contribution < 1.29 is 10.2 Å². The monoisotopic (exact) mass is 304 g/mol. The van der Waals surface area contributed by atoms with Gasteiger partial charge < -0.3 is 19.3 Å². The fourth-order valence-corrected chi connectivity index (χ4v) is 2.69. The third-order valence-electron chi connectivity index (χ3n) is 3.47. The van der Waals surface area contributed by atoms with E-state index in [1.54, 1.807) is 17.8 Å². The number of phenolic OH excluding ortho intramolecular Hbond substituents is 2. The van der Waals surface area contributed by atoms with Crippen molar-refractivity contribution >= 4 is 22.5 Å². The largest absolute Gasteiger partial charge is 0.504 e. The van der Waals surface area contributed by atoms with Crippen molar-refractivity contribution in [3.05, 3.63) is 57.6 Å². The van der Waals surface area contributed by atoms with Crippen molar-refractivity contribution in [1.82, 2.24) is 9.13 Å². The van der Waals surface area contributed by atoms with E-state index in [2.05, 4.69) is 0 Å². The molecule has 0 saturated heterocycles. The molecule has 0 aliphatic carbocycles. The Morgan fingerprint density at radius 1 is 1.24 bits per heavy atom. The first-order chi connectivity index (χ1) is 9.99. The third-order valence-corrected chi connectivity index (χ3v) is 3.83. The van der Waals surface area contributed by atoms with Crippen LogP contribution in [-0.4, -0.2) is 19.3 Å². The second-order valence-electron chi connectivity index (χ2n) is 4.90. The molecule has 3 rings (SSSR count). The molecule has 2 heterocycles. The van der Waals surface area contributed by atoms with Gasteiger partial charge in [0.1, 0.15) is 0 Å². The number of phenols is 2. The molecule has 0 aliphatic heterocycles. The number of benzene rings is 1. The van der Waals surface area contributed by atoms with Gasteiger partial charge in [0, 0.05) is 37.3 Å². The summed E-state index contributed by atoms with van der Waals surface area (Å²) in [7, 11) is 1.76. The lowest BCUT2D eigenvalue weighted by Crippen LogP contribution is -2.16. The molecule has 0 radical (unpaired) electrons. The zero-order chi connectivity index (χ0) is 15.1. The normalized spacial score (nSPS) is 11.1. The zero-order valence-electron chi connectivity index (χ0n) is 11.2. The lowest BCUT2D eigenvalue weighted by atomic mass is 10.1. The van der Waals surface area contributed by atoms with Gasteiger partial charge in [-0.15, -0.1) is 0 Å². The molecule has 3 aromatic rings. The number of halogens is 1. The Kier molecular flexibility index (Phi) is 3.14. The lowest BCUT2D eigenvalue weighted by molar-refractivity contribution is 0.405. The fourth-order valence-electron chi connectivity index (χ4n) is 2.41. The van der Waals surface area contributed by atoms with E-state index in [1.165, 1.54) is 6.07 Å². The summed E-state index contributed by atoms with van der Waals surface area (Å²) in [5.41, 5.74) is 0.766. The van der Waals surface area contributed by atoms with Crippen molar-refractivity contribution in [1.29, 1.82) is 0 Å². The van der Waals surface area contributed by atoms with Crippen molar-refractivity contribution in [2.24, 2.45) is 7.05 Å². The van der Waals surface area contributed by atoms with E-state index in [9.17, 15) is 15.0 Å². The van der Waals surface area contributed by atoms with Gasteiger partial charge in [-0.3, -0.25) is 4.79 Å². The molecule has 0 atom stereocenters. The molecular weight excluding hydrogens is 292 g/mol. The molecule has 0 bridgehead atoms. The second kappa shape index (κ2) is 4.86. The van der Waals surface area contributed by atoms with E-state index in [0.717, 1.165) is 0 Å². The van der Waals surface area contributed by atoms with Crippen molar-refractivity contribution in [3.8, 4) is 11.5 Å². The minimum atomic E-state index is -0.473. The Hall–Kier alpha value is -2.40. The van der Waals surface area contributed by atoms with Crippen LogP contribution in [0.4, 0.5) is 0 Å². The number of aromatic hydroxyl groups is 2. The molecule has 0 aliphatic rings. The summed E-state index contributed by atoms with van der Waals surface area (Å²) in [4.78, 5) is 12.6. The summed E-state index contributed by atoms with van der Waals surface area (Å²) < 4.78 is 3.58. The molecule has 108 valence electrons. The van der Waals surface area contributed by atoms with Gasteiger partial charge in [-0.05, 0) is 12.1 Å². The Morgan fingerprint density at radius 3 is 2.57 bits per heavy atom. The maximum atomic E-state index is 12.6. The van der Waals surface area contributed by atoms with E-state index >= 15 is 0 Å². The van der Waals surface area contributed by atoms with Crippen LogP contribution < -0.4 is 5.43 Å². The van der Waals surface area contributed by atoms with Gasteiger partial charge in [0.15, 0.2) is 16.9 Å². The Balaban J connectivity index is 2.30. The second-order valence-corrected chi connectivity index (χ2v) is 5.28. The van der Waals surface area contributed by atoms with Crippen LogP contribution in [0.5, 0.6) is 11.5 Å². The minimum Gasteiger partial charge on any atom is -0.504 e. The van der Waals surface area contributed by atoms with Gasteiger partial charge in [-0.25, -0.2) is 0 Å². The number of hydrogen-bond acceptors (Lipinski definition) is 3. The maximum Gasteiger partial charge on any atom is 0.196 e. The van der Waals surface area contributed by atoms with Gasteiger partial charge >= 0.3 is 0 Å². The van der Waals surface area contributed by atoms with E-state index in [1.807, 2.05) is 29.1 Å². The molecular formula is C15H13ClN2O3. The van der Waals surface area contributed by atoms with Crippen LogP contribution in [0.1, 0.15) is 5.56 Å². The highest BCUT2D eigenvalue weighted by Crippen LogP contribution is 2.37. The number of aryl methyl sites for hydroxylation is 1. The number of hydrogen-bond donors (Lipinski definition) is 2. The summed E-state index contributed by atoms with van der Waals surface area (Å²) in [6.07, 6.45) is 5.43. The smallest absolute Gasteiger partial charge is 0.196 e. The highest BCUT2D eigenvalue weighted by atomic mass is 35.5. The molecule has 1 aromatic carbocycles. The molecule has 5 nitrogen and oxygen atoms in total. The zero-order valence-corrected chi connectivity index (χ0v) is 12.0. The average molecular weight is 305 g/mol. The van der Waals surface area contributed by atoms with Gasteiger partial charge in [0.25, 0.3) is 0 Å². The third kappa shape index (κ3) is 2.15. The van der Waals surface area contributed by atoms with Gasteiger partial charge in [0.2, 0.25) is 0 Å². The summed E-state index contributed by atoms with van der Waals surface area (Å²) in [6.45, 7) is 0.410. The van der Waals surface area contributed by atoms with E-state index in [0.29, 0.717) is 17.6 Å². The summed E-state index contributed by atoms with van der Waals surface area (Å²) in [5.74, 6) is -0.819. The molecule has 21 heavy (non-hydrogen) atoms. The van der Waals surface area contributed by atoms with Crippen LogP contribution in [-0.2, 0) is 13.6 Å². The summed E-state index contributed by atoms with van der Waals surface area (Å²) in [6, 6.07) is 5.09. The number of pyridine rings is 1. The van der Waals surface area contributed by atoms with Crippen LogP contribution in [0.15, 0.2) is 41.6 Å². The predicted molar refractivity (Wildman–Crippen MR) is 81.1 cm³/mol. The minimum absolute atomic E-state index is 0.125. The molecule has 2 N–H and O–H groups in total. The Labute approximate surface area is 125 Å². The Morgan fingerprint density at radius 2 is 1.90 bits per heavy atom. The van der Waals surface area contributed by atoms with E-state index < -0.39 is 5.75 Å². The number of nitrogens with zero attached hydrogens (tertiary/aromatic N) is 2. The molecule has 0 amide bonds. The topological polar surface area (TPSA) is 67.4 Å². The van der Waals surface area contributed by atoms with Gasteiger partial charge in [0.05, 0.1) is 22.5 Å². The van der Waals surface area contributed by atoms with Crippen molar-refractivity contribution in [3.63, 3.8) is 0 Å². The quantitative estimate of drug-likeness (QED) is 0.715. The van der Waals surface area contributed by atoms with Gasteiger partial charge in [-0.2, -0.15) is 0 Å². The van der Waals surface area contributed by atoms with Crippen LogP contribution >= 0.6 is 11.6 Å². The Bertz CT molecular complexity index is 882. The number of fused-ring (bicyclic) bond motifs is 1. The molecule has 6 heteroatoms. The average Bonchev–Trinajstić information content (AvgIpc) is 2.94. The fraction of sp³-hybridized carbons (Fsp3) is 0.133. The summed E-state index contributed by atoms with van der Waals surface area (Å²) in [5, 5.41) is 19.5. The molecule has 0 saturated carbocycles. The highest BCUT2D eigenvalue weighted by molar-refractivity contribution is 6.37. The molecule has 0 unspecified atom stereocenters. The van der Waals surface area contributed by atoms with Crippen LogP contribution in [0.25, 0.3) is 10.9 Å². The number of aromatic nitrogens is 2. The SMILES string of the molecule is Cn1cc(Cn2cccc2)c(=O)c2c(Cl)c(O)c(O)cc21. The first-order valence-corrected chi connectivity index (χ1v) is 6.70. The lowest BCUT2D eigenvalue weighted by Gasteiger charge is -2.12. The van der Waals surface area contributed by atoms with Crippen molar-refractivity contribution in [2.75, 3.05) is 0 Å². The highest BCUT2D eigenvalue weighted by Gasteiger charge is 2.17. The van der Waals surface area contributed by atoms with Crippen LogP contribution in [0.3, 0.4) is 0 Å². The van der Waals surface area contributed by atoms with Gasteiger partial charge in [-0.1, -0.05) is 11.6 Å². The summed E-state index contributed by atoms with van der Waals surface area (Å²) >= 11 is 6.03. The van der Waals surface area contributed by atoms with Crippen LogP contribution in [0.2, 0.25) is 5.02 Å². The number of rotatable bonds is 2. The van der Waals surface area contributed by atoms with Crippen LogP contribution in [0, 0.1) is 0 Å². The predicted octanol–water partition coefficient (Wildman–Crippen LogP) is 2.45.